The van der Waals surface area contributed by atoms with Crippen molar-refractivity contribution in [2.75, 3.05) is 0 Å². The topological polar surface area (TPSA) is 107 Å². The van der Waals surface area contributed by atoms with Gasteiger partial charge in [0.05, 0.1) is 5.56 Å². The van der Waals surface area contributed by atoms with Crippen molar-refractivity contribution in [2.24, 2.45) is 0 Å². The number of hydrogen-bond donors (Lipinski definition) is 3. The van der Waals surface area contributed by atoms with E-state index in [1.54, 1.807) is 0 Å². The Morgan fingerprint density at radius 3 is 2.29 bits per heavy atom. The summed E-state index contributed by atoms with van der Waals surface area (Å²) in [4.78, 5) is 34.5. The molecule has 6 heteroatoms. The van der Waals surface area contributed by atoms with Gasteiger partial charge in [0.15, 0.2) is 0 Å². The number of aryl methyl sites for hydroxylation is 1. The highest BCUT2D eigenvalue weighted by molar-refractivity contribution is 6.01. The molecule has 0 bridgehead atoms. The first-order valence-corrected chi connectivity index (χ1v) is 3.64. The molecule has 74 valence electrons. The molecular formula is C8H7NO5. The van der Waals surface area contributed by atoms with E-state index < -0.39 is 28.6 Å². The first kappa shape index (κ1) is 9.97. The Morgan fingerprint density at radius 1 is 1.29 bits per heavy atom. The summed E-state index contributed by atoms with van der Waals surface area (Å²) in [5.41, 5.74) is -1.85. The zero-order chi connectivity index (χ0) is 10.9. The quantitative estimate of drug-likeness (QED) is 0.622. The van der Waals surface area contributed by atoms with E-state index in [0.717, 1.165) is 6.07 Å². The molecule has 0 unspecified atom stereocenters. The normalized spacial score (nSPS) is 9.79. The molecule has 0 fully saturated rings. The third-order valence-corrected chi connectivity index (χ3v) is 1.61. The lowest BCUT2D eigenvalue weighted by atomic mass is 10.1. The Morgan fingerprint density at radius 2 is 1.86 bits per heavy atom. The van der Waals surface area contributed by atoms with Crippen LogP contribution in [0.2, 0.25) is 0 Å². The smallest absolute Gasteiger partial charge is 0.342 e. The number of nitrogens with one attached hydrogen (secondary N) is 1. The lowest BCUT2D eigenvalue weighted by molar-refractivity contribution is 0.0649. The first-order chi connectivity index (χ1) is 6.43. The monoisotopic (exact) mass is 197 g/mol. The summed E-state index contributed by atoms with van der Waals surface area (Å²) in [5, 5.41) is 17.3. The van der Waals surface area contributed by atoms with Gasteiger partial charge in [-0.25, -0.2) is 9.59 Å². The minimum atomic E-state index is -1.55. The number of rotatable bonds is 2. The average molecular weight is 197 g/mol. The molecule has 0 amide bonds. The third-order valence-electron chi connectivity index (χ3n) is 1.61. The molecule has 1 heterocycles. The number of aromatic nitrogens is 1. The van der Waals surface area contributed by atoms with Crippen LogP contribution in [0, 0.1) is 6.92 Å². The van der Waals surface area contributed by atoms with E-state index in [4.69, 9.17) is 10.2 Å². The third kappa shape index (κ3) is 1.63. The first-order valence-electron chi connectivity index (χ1n) is 3.64. The maximum absolute atomic E-state index is 11.1. The van der Waals surface area contributed by atoms with E-state index in [9.17, 15) is 14.4 Å². The molecule has 3 N–H and O–H groups in total. The second-order valence-corrected chi connectivity index (χ2v) is 2.68. The highest BCUT2D eigenvalue weighted by Crippen LogP contribution is 2.05. The standard InChI is InChI=1S/C8H7NO5/c1-3-2-4(7(11)12)5(8(13)14)6(10)9-3/h2H,1H3,(H,9,10)(H,11,12)(H,13,14). The zero-order valence-corrected chi connectivity index (χ0v) is 7.20. The van der Waals surface area contributed by atoms with E-state index in [2.05, 4.69) is 4.98 Å². The number of aromatic amines is 1. The number of pyridine rings is 1. The molecule has 0 aliphatic heterocycles. The largest absolute Gasteiger partial charge is 0.478 e. The Bertz CT molecular complexity index is 459. The van der Waals surface area contributed by atoms with Crippen LogP contribution in [-0.2, 0) is 0 Å². The summed E-state index contributed by atoms with van der Waals surface area (Å²) in [7, 11) is 0. The summed E-state index contributed by atoms with van der Waals surface area (Å²) in [5.74, 6) is -2.99. The molecule has 0 atom stereocenters. The van der Waals surface area contributed by atoms with E-state index in [1.165, 1.54) is 6.92 Å². The number of hydrogen-bond acceptors (Lipinski definition) is 3. The molecule has 0 saturated heterocycles. The second-order valence-electron chi connectivity index (χ2n) is 2.68. The van der Waals surface area contributed by atoms with Crippen molar-refractivity contribution in [2.45, 2.75) is 6.92 Å². The maximum atomic E-state index is 11.1. The van der Waals surface area contributed by atoms with Gasteiger partial charge in [0.2, 0.25) is 0 Å². The molecule has 14 heavy (non-hydrogen) atoms. The van der Waals surface area contributed by atoms with E-state index >= 15 is 0 Å². The van der Waals surface area contributed by atoms with Gasteiger partial charge in [-0.2, -0.15) is 0 Å². The molecule has 0 aromatic carbocycles. The fourth-order valence-corrected chi connectivity index (χ4v) is 1.07. The molecule has 1 aromatic rings. The van der Waals surface area contributed by atoms with Crippen LogP contribution < -0.4 is 5.56 Å². The number of H-pyrrole nitrogens is 1. The van der Waals surface area contributed by atoms with Gasteiger partial charge in [-0.05, 0) is 13.0 Å². The van der Waals surface area contributed by atoms with Crippen molar-refractivity contribution in [1.82, 2.24) is 4.98 Å². The van der Waals surface area contributed by atoms with Crippen molar-refractivity contribution in [3.8, 4) is 0 Å². The predicted molar refractivity (Wildman–Crippen MR) is 45.7 cm³/mol. The molecule has 0 saturated carbocycles. The van der Waals surface area contributed by atoms with Crippen LogP contribution in [0.4, 0.5) is 0 Å². The Kier molecular flexibility index (Phi) is 2.37. The molecule has 6 nitrogen and oxygen atoms in total. The lowest BCUT2D eigenvalue weighted by Crippen LogP contribution is -2.23. The summed E-state index contributed by atoms with van der Waals surface area (Å²) in [6.45, 7) is 1.47. The molecule has 1 rings (SSSR count). The number of carboxylic acids is 2. The highest BCUT2D eigenvalue weighted by atomic mass is 16.4. The summed E-state index contributed by atoms with van der Waals surface area (Å²) in [6, 6.07) is 1.10. The van der Waals surface area contributed by atoms with Crippen LogP contribution in [0.1, 0.15) is 26.4 Å². The van der Waals surface area contributed by atoms with Crippen molar-refractivity contribution in [3.63, 3.8) is 0 Å². The molecule has 0 aliphatic rings. The Balaban J connectivity index is 3.61. The Hall–Kier alpha value is -2.11. The van der Waals surface area contributed by atoms with Gasteiger partial charge in [0.25, 0.3) is 5.56 Å². The number of carbonyl (C=O) groups is 2. The van der Waals surface area contributed by atoms with Crippen LogP contribution in [0.15, 0.2) is 10.9 Å². The maximum Gasteiger partial charge on any atom is 0.342 e. The zero-order valence-electron chi connectivity index (χ0n) is 7.20. The minimum absolute atomic E-state index is 0.303. The van der Waals surface area contributed by atoms with E-state index in [1.807, 2.05) is 0 Å². The van der Waals surface area contributed by atoms with Gasteiger partial charge in [-0.15, -0.1) is 0 Å². The van der Waals surface area contributed by atoms with Crippen LogP contribution in [-0.4, -0.2) is 27.1 Å². The average Bonchev–Trinajstić information content (AvgIpc) is 2.01. The molecular weight excluding hydrogens is 190 g/mol. The van der Waals surface area contributed by atoms with E-state index in [-0.39, 0.29) is 0 Å². The molecule has 0 aliphatic carbocycles. The lowest BCUT2D eigenvalue weighted by Gasteiger charge is -2.01. The SMILES string of the molecule is Cc1cc(C(=O)O)c(C(=O)O)c(=O)[nH]1. The van der Waals surface area contributed by atoms with Crippen LogP contribution in [0.5, 0.6) is 0 Å². The number of aromatic carboxylic acids is 2. The van der Waals surface area contributed by atoms with E-state index in [0.29, 0.717) is 5.69 Å². The fourth-order valence-electron chi connectivity index (χ4n) is 1.07. The van der Waals surface area contributed by atoms with Gasteiger partial charge in [-0.1, -0.05) is 0 Å². The highest BCUT2D eigenvalue weighted by Gasteiger charge is 2.20. The second kappa shape index (κ2) is 3.33. The molecule has 0 radical (unpaired) electrons. The Labute approximate surface area is 77.8 Å². The van der Waals surface area contributed by atoms with Crippen LogP contribution in [0.25, 0.3) is 0 Å². The minimum Gasteiger partial charge on any atom is -0.478 e. The molecule has 1 aromatic heterocycles. The van der Waals surface area contributed by atoms with Crippen LogP contribution >= 0.6 is 0 Å². The van der Waals surface area contributed by atoms with Gasteiger partial charge in [-0.3, -0.25) is 4.79 Å². The fraction of sp³-hybridized carbons (Fsp3) is 0.125. The van der Waals surface area contributed by atoms with Crippen molar-refractivity contribution in [1.29, 1.82) is 0 Å². The number of carboxylic acid groups (broad SMARTS) is 2. The summed E-state index contributed by atoms with van der Waals surface area (Å²) in [6.07, 6.45) is 0. The van der Waals surface area contributed by atoms with Crippen molar-refractivity contribution in [3.05, 3.63) is 33.2 Å². The van der Waals surface area contributed by atoms with Crippen LogP contribution in [0.3, 0.4) is 0 Å². The predicted octanol–water partition coefficient (Wildman–Crippen LogP) is 0.0797. The summed E-state index contributed by atoms with van der Waals surface area (Å²) < 4.78 is 0. The molecule has 0 spiro atoms. The van der Waals surface area contributed by atoms with Crippen molar-refractivity contribution < 1.29 is 19.8 Å². The van der Waals surface area contributed by atoms with Gasteiger partial charge < -0.3 is 15.2 Å². The van der Waals surface area contributed by atoms with Gasteiger partial charge >= 0.3 is 11.9 Å². The van der Waals surface area contributed by atoms with Crippen molar-refractivity contribution >= 4 is 11.9 Å². The van der Waals surface area contributed by atoms with Gasteiger partial charge in [0.1, 0.15) is 5.56 Å². The summed E-state index contributed by atoms with van der Waals surface area (Å²) >= 11 is 0. The van der Waals surface area contributed by atoms with Gasteiger partial charge in [0, 0.05) is 5.69 Å².